The molecule has 1 aliphatic heterocycles. The van der Waals surface area contributed by atoms with Gasteiger partial charge in [0.1, 0.15) is 11.5 Å². The molecule has 0 aliphatic carbocycles. The molecule has 162 valence electrons. The first-order valence-electron chi connectivity index (χ1n) is 8.23. The van der Waals surface area contributed by atoms with Crippen LogP contribution in [0.25, 0.3) is 0 Å². The minimum absolute atomic E-state index is 0. The van der Waals surface area contributed by atoms with Gasteiger partial charge in [0, 0.05) is 26.2 Å². The number of aromatic hydroxyl groups is 1. The molecule has 0 amide bonds. The number of hydrogen-bond donors (Lipinski definition) is 2. The fourth-order valence-electron chi connectivity index (χ4n) is 3.15. The van der Waals surface area contributed by atoms with Gasteiger partial charge in [0.05, 0.1) is 13.2 Å². The van der Waals surface area contributed by atoms with Crippen molar-refractivity contribution in [2.75, 3.05) is 26.2 Å². The van der Waals surface area contributed by atoms with Gasteiger partial charge in [-0.3, -0.25) is 4.90 Å². The van der Waals surface area contributed by atoms with Crippen LogP contribution >= 0.6 is 70.0 Å². The van der Waals surface area contributed by atoms with E-state index in [0.717, 1.165) is 44.4 Å². The summed E-state index contributed by atoms with van der Waals surface area (Å²) in [5, 5.41) is 13.4. The quantitative estimate of drug-likeness (QED) is 0.430. The molecule has 0 aromatic heterocycles. The Morgan fingerprint density at radius 1 is 0.966 bits per heavy atom. The fraction of sp³-hybridized carbons (Fsp3) is 0.333. The maximum absolute atomic E-state index is 12.4. The number of benzene rings is 2. The van der Waals surface area contributed by atoms with Gasteiger partial charge in [-0.25, -0.2) is 0 Å². The maximum atomic E-state index is 12.4. The van der Waals surface area contributed by atoms with Crippen molar-refractivity contribution in [1.29, 1.82) is 0 Å². The third-order valence-corrected chi connectivity index (χ3v) is 5.95. The first-order chi connectivity index (χ1) is 12.7. The summed E-state index contributed by atoms with van der Waals surface area (Å²) in [5.41, 5.74) is 1.87. The molecule has 1 fully saturated rings. The van der Waals surface area contributed by atoms with Gasteiger partial charge in [-0.2, -0.15) is 0 Å². The lowest BCUT2D eigenvalue weighted by molar-refractivity contribution is -0.274. The lowest BCUT2D eigenvalue weighted by Crippen LogP contribution is -2.45. The third-order valence-electron chi connectivity index (χ3n) is 4.30. The predicted octanol–water partition coefficient (Wildman–Crippen LogP) is 5.34. The smallest absolute Gasteiger partial charge is 0.506 e. The average molecular weight is 677 g/mol. The number of rotatable bonds is 4. The SMILES string of the molecule is Cl.Cl.Oc1c(I)cc([C@H](c2ccc(OC(F)(F)F)cc2)N2CCNCC2)cc1I. The van der Waals surface area contributed by atoms with Gasteiger partial charge in [0.15, 0.2) is 0 Å². The van der Waals surface area contributed by atoms with E-state index in [1.165, 1.54) is 12.1 Å². The van der Waals surface area contributed by atoms with E-state index in [4.69, 9.17) is 0 Å². The van der Waals surface area contributed by atoms with Gasteiger partial charge >= 0.3 is 6.36 Å². The Balaban J connectivity index is 0.00000210. The molecular weight excluding hydrogens is 658 g/mol. The molecule has 1 aliphatic rings. The van der Waals surface area contributed by atoms with Crippen LogP contribution in [0.2, 0.25) is 0 Å². The summed E-state index contributed by atoms with van der Waals surface area (Å²) < 4.78 is 42.7. The van der Waals surface area contributed by atoms with Crippen molar-refractivity contribution in [1.82, 2.24) is 10.2 Å². The Labute approximate surface area is 206 Å². The zero-order valence-electron chi connectivity index (χ0n) is 14.9. The molecule has 0 saturated carbocycles. The van der Waals surface area contributed by atoms with E-state index in [1.54, 1.807) is 12.1 Å². The largest absolute Gasteiger partial charge is 0.573 e. The van der Waals surface area contributed by atoms with E-state index in [-0.39, 0.29) is 42.4 Å². The average Bonchev–Trinajstić information content (AvgIpc) is 2.61. The number of alkyl halides is 3. The van der Waals surface area contributed by atoms with E-state index in [9.17, 15) is 18.3 Å². The van der Waals surface area contributed by atoms with Crippen LogP contribution in [0, 0.1) is 7.14 Å². The molecular formula is C18H19Cl2F3I2N2O2. The Hall–Kier alpha value is -0.210. The van der Waals surface area contributed by atoms with Gasteiger partial charge < -0.3 is 15.2 Å². The van der Waals surface area contributed by atoms with Crippen molar-refractivity contribution < 1.29 is 23.0 Å². The molecule has 3 rings (SSSR count). The second-order valence-corrected chi connectivity index (χ2v) is 8.46. The Bertz CT molecular complexity index is 782. The van der Waals surface area contributed by atoms with Crippen LogP contribution in [-0.4, -0.2) is 42.5 Å². The summed E-state index contributed by atoms with van der Waals surface area (Å²) in [6, 6.07) is 9.74. The van der Waals surface area contributed by atoms with E-state index >= 15 is 0 Å². The Kier molecular flexibility index (Phi) is 10.6. The highest BCUT2D eigenvalue weighted by atomic mass is 127. The van der Waals surface area contributed by atoms with E-state index in [0.29, 0.717) is 0 Å². The Morgan fingerprint density at radius 2 is 1.48 bits per heavy atom. The number of phenols is 1. The van der Waals surface area contributed by atoms with E-state index in [1.807, 2.05) is 12.1 Å². The van der Waals surface area contributed by atoms with Crippen molar-refractivity contribution in [2.45, 2.75) is 12.4 Å². The van der Waals surface area contributed by atoms with Gasteiger partial charge in [-0.15, -0.1) is 38.0 Å². The summed E-state index contributed by atoms with van der Waals surface area (Å²) in [4.78, 5) is 2.29. The topological polar surface area (TPSA) is 44.7 Å². The van der Waals surface area contributed by atoms with Crippen LogP contribution in [0.3, 0.4) is 0 Å². The zero-order chi connectivity index (χ0) is 19.6. The number of ether oxygens (including phenoxy) is 1. The summed E-state index contributed by atoms with van der Waals surface area (Å²) in [7, 11) is 0. The van der Waals surface area contributed by atoms with Gasteiger partial charge in [-0.1, -0.05) is 12.1 Å². The highest BCUT2D eigenvalue weighted by molar-refractivity contribution is 14.1. The molecule has 1 saturated heterocycles. The zero-order valence-corrected chi connectivity index (χ0v) is 20.8. The van der Waals surface area contributed by atoms with Crippen LogP contribution in [0.15, 0.2) is 36.4 Å². The van der Waals surface area contributed by atoms with Crippen LogP contribution < -0.4 is 10.1 Å². The molecule has 0 unspecified atom stereocenters. The van der Waals surface area contributed by atoms with Crippen LogP contribution in [0.1, 0.15) is 17.2 Å². The number of halogens is 7. The van der Waals surface area contributed by atoms with Crippen molar-refractivity contribution in [3.05, 3.63) is 54.7 Å². The van der Waals surface area contributed by atoms with Crippen molar-refractivity contribution in [3.8, 4) is 11.5 Å². The highest BCUT2D eigenvalue weighted by Gasteiger charge is 2.31. The minimum atomic E-state index is -4.71. The van der Waals surface area contributed by atoms with Crippen molar-refractivity contribution in [2.24, 2.45) is 0 Å². The Morgan fingerprint density at radius 3 is 1.97 bits per heavy atom. The molecule has 2 N–H and O–H groups in total. The molecule has 1 heterocycles. The van der Waals surface area contributed by atoms with E-state index in [2.05, 4.69) is 60.1 Å². The molecule has 0 radical (unpaired) electrons. The maximum Gasteiger partial charge on any atom is 0.573 e. The van der Waals surface area contributed by atoms with Gasteiger partial charge in [0.2, 0.25) is 0 Å². The summed E-state index contributed by atoms with van der Waals surface area (Å²) in [5.74, 6) is 0.00751. The summed E-state index contributed by atoms with van der Waals surface area (Å²) >= 11 is 4.18. The number of nitrogens with one attached hydrogen (secondary N) is 1. The first kappa shape index (κ1) is 26.8. The monoisotopic (exact) mass is 676 g/mol. The molecule has 2 aromatic carbocycles. The first-order valence-corrected chi connectivity index (χ1v) is 10.4. The standard InChI is InChI=1S/C18H17F3I2N2O2.2ClH/c19-18(20,21)27-13-3-1-11(2-4-13)16(25-7-5-24-6-8-25)12-9-14(22)17(26)15(23)10-12;;/h1-4,9-10,16,24,26H,5-8H2;2*1H/t16-;;/m0../s1. The molecule has 0 spiro atoms. The normalized spacial score (nSPS) is 15.8. The van der Waals surface area contributed by atoms with E-state index < -0.39 is 6.36 Å². The lowest BCUT2D eigenvalue weighted by atomic mass is 9.96. The number of hydrogen-bond acceptors (Lipinski definition) is 4. The van der Waals surface area contributed by atoms with Crippen LogP contribution in [-0.2, 0) is 0 Å². The third kappa shape index (κ3) is 7.17. The van der Waals surface area contributed by atoms with Gasteiger partial charge in [0.25, 0.3) is 0 Å². The molecule has 29 heavy (non-hydrogen) atoms. The number of phenolic OH excluding ortho intramolecular Hbond substituents is 1. The molecule has 2 aromatic rings. The molecule has 1 atom stereocenters. The van der Waals surface area contributed by atoms with Crippen molar-refractivity contribution >= 4 is 70.0 Å². The molecule has 0 bridgehead atoms. The highest BCUT2D eigenvalue weighted by Crippen LogP contribution is 2.36. The number of nitrogens with zero attached hydrogens (tertiary/aromatic N) is 1. The molecule has 4 nitrogen and oxygen atoms in total. The van der Waals surface area contributed by atoms with Crippen LogP contribution in [0.5, 0.6) is 11.5 Å². The molecule has 11 heteroatoms. The lowest BCUT2D eigenvalue weighted by Gasteiger charge is -2.36. The van der Waals surface area contributed by atoms with Gasteiger partial charge in [-0.05, 0) is 80.6 Å². The van der Waals surface area contributed by atoms with Crippen LogP contribution in [0.4, 0.5) is 13.2 Å². The predicted molar refractivity (Wildman–Crippen MR) is 127 cm³/mol. The summed E-state index contributed by atoms with van der Waals surface area (Å²) in [6.07, 6.45) is -4.71. The number of piperazine rings is 1. The second-order valence-electron chi connectivity index (χ2n) is 6.14. The van der Waals surface area contributed by atoms with Crippen molar-refractivity contribution in [3.63, 3.8) is 0 Å². The minimum Gasteiger partial charge on any atom is -0.506 e. The second kappa shape index (κ2) is 11.4. The summed E-state index contributed by atoms with van der Waals surface area (Å²) in [6.45, 7) is 3.33. The fourth-order valence-corrected chi connectivity index (χ4v) is 4.97.